The number of nitrogens with zero attached hydrogens (tertiary/aromatic N) is 1. The number of hydrogen-bond donors (Lipinski definition) is 1. The number of carbonyl (C=O) groups is 1. The van der Waals surface area contributed by atoms with E-state index in [-0.39, 0.29) is 22.2 Å². The number of rotatable bonds is 2. The van der Waals surface area contributed by atoms with Crippen LogP contribution in [0.25, 0.3) is 15.8 Å². The third-order valence-corrected chi connectivity index (χ3v) is 4.54. The molecule has 3 rings (SSSR count). The first-order valence-corrected chi connectivity index (χ1v) is 8.17. The Morgan fingerprint density at radius 3 is 2.63 bits per heavy atom. The molecular weight excluding hydrogens is 351 g/mol. The summed E-state index contributed by atoms with van der Waals surface area (Å²) in [5.41, 5.74) is 1.40. The van der Waals surface area contributed by atoms with Crippen LogP contribution in [0.4, 0.5) is 4.39 Å². The van der Waals surface area contributed by atoms with Crippen molar-refractivity contribution >= 4 is 16.9 Å². The first-order valence-electron chi connectivity index (χ1n) is 8.17. The maximum atomic E-state index is 14.3. The van der Waals surface area contributed by atoms with Gasteiger partial charge in [0.1, 0.15) is 22.5 Å². The number of methoxy groups -OCH3 is 1. The van der Waals surface area contributed by atoms with E-state index >= 15 is 0 Å². The van der Waals surface area contributed by atoms with Crippen molar-refractivity contribution in [2.24, 2.45) is 0 Å². The van der Waals surface area contributed by atoms with Gasteiger partial charge >= 0.3 is 5.97 Å². The summed E-state index contributed by atoms with van der Waals surface area (Å²) < 4.78 is 24.9. The molecule has 0 saturated heterocycles. The van der Waals surface area contributed by atoms with Crippen molar-refractivity contribution < 1.29 is 18.3 Å². The van der Waals surface area contributed by atoms with E-state index in [1.807, 2.05) is 0 Å². The Bertz CT molecular complexity index is 1140. The summed E-state index contributed by atoms with van der Waals surface area (Å²) in [5, 5.41) is 2.80. The Morgan fingerprint density at radius 2 is 2.00 bits per heavy atom. The van der Waals surface area contributed by atoms with Crippen LogP contribution in [-0.4, -0.2) is 13.1 Å². The molecule has 1 atom stereocenters. The van der Waals surface area contributed by atoms with Crippen molar-refractivity contribution in [2.75, 3.05) is 7.11 Å². The first-order chi connectivity index (χ1) is 12.8. The van der Waals surface area contributed by atoms with Gasteiger partial charge < -0.3 is 14.5 Å². The number of fused-ring (bicyclic) bond motifs is 1. The summed E-state index contributed by atoms with van der Waals surface area (Å²) in [7, 11) is 1.25. The molecule has 0 fully saturated rings. The monoisotopic (exact) mass is 368 g/mol. The molecular formula is C20H17FN2O4. The zero-order chi connectivity index (χ0) is 19.9. The quantitative estimate of drug-likeness (QED) is 0.649. The van der Waals surface area contributed by atoms with Crippen molar-refractivity contribution in [1.29, 1.82) is 0 Å². The minimum absolute atomic E-state index is 0.0232. The predicted molar refractivity (Wildman–Crippen MR) is 97.1 cm³/mol. The molecule has 1 unspecified atom stereocenters. The van der Waals surface area contributed by atoms with Crippen LogP contribution in [0.2, 0.25) is 0 Å². The van der Waals surface area contributed by atoms with Gasteiger partial charge in [0.05, 0.1) is 25.2 Å². The number of allylic oxidation sites excluding steroid dienone is 3. The van der Waals surface area contributed by atoms with Gasteiger partial charge in [0, 0.05) is 17.5 Å². The minimum atomic E-state index is -0.843. The zero-order valence-electron chi connectivity index (χ0n) is 15.3. The summed E-state index contributed by atoms with van der Waals surface area (Å²) in [6.07, 6.45) is 0. The van der Waals surface area contributed by atoms with Gasteiger partial charge in [-0.3, -0.25) is 4.79 Å². The van der Waals surface area contributed by atoms with Crippen LogP contribution in [0.5, 0.6) is 0 Å². The second kappa shape index (κ2) is 6.72. The summed E-state index contributed by atoms with van der Waals surface area (Å²) in [4.78, 5) is 28.3. The summed E-state index contributed by atoms with van der Waals surface area (Å²) in [5.74, 6) is -1.88. The molecule has 6 nitrogen and oxygen atoms in total. The topological polar surface area (TPSA) is 72.9 Å². The highest BCUT2D eigenvalue weighted by molar-refractivity contribution is 5.94. The second-order valence-electron chi connectivity index (χ2n) is 6.27. The Labute approximate surface area is 154 Å². The lowest BCUT2D eigenvalue weighted by Gasteiger charge is -2.28. The van der Waals surface area contributed by atoms with Gasteiger partial charge in [-0.05, 0) is 32.4 Å². The minimum Gasteiger partial charge on any atom is -0.466 e. The van der Waals surface area contributed by atoms with Gasteiger partial charge in [0.15, 0.2) is 11.1 Å². The molecule has 2 aromatic rings. The average molecular weight is 368 g/mol. The third-order valence-electron chi connectivity index (χ3n) is 4.54. The van der Waals surface area contributed by atoms with Crippen LogP contribution < -0.4 is 10.7 Å². The lowest BCUT2D eigenvalue weighted by molar-refractivity contribution is -0.136. The standard InChI is InChI=1S/C20H17FN2O4/c1-9-8-14(24)17-13(21)7-6-12(19(17)27-9)16-15(20(25)26-5)10(2)23-11(3)18(16)22-4/h6-8,16,23H,1-3,5H3. The van der Waals surface area contributed by atoms with Crippen LogP contribution >= 0.6 is 0 Å². The van der Waals surface area contributed by atoms with Gasteiger partial charge in [-0.2, -0.15) is 0 Å². The molecule has 1 aliphatic heterocycles. The molecule has 7 heteroatoms. The molecule has 0 spiro atoms. The Morgan fingerprint density at radius 1 is 1.30 bits per heavy atom. The molecule has 27 heavy (non-hydrogen) atoms. The molecule has 0 radical (unpaired) electrons. The largest absolute Gasteiger partial charge is 0.466 e. The lowest BCUT2D eigenvalue weighted by atomic mass is 9.83. The molecule has 0 bridgehead atoms. The first kappa shape index (κ1) is 18.4. The van der Waals surface area contributed by atoms with E-state index in [1.165, 1.54) is 19.2 Å². The summed E-state index contributed by atoms with van der Waals surface area (Å²) in [6.45, 7) is 12.6. The SMILES string of the molecule is [C-]#[N+]C1=C(C)NC(C)=C(C(=O)OC)C1c1ccc(F)c2c(=O)cc(C)oc12. The number of carbonyl (C=O) groups excluding carboxylic acids is 1. The molecule has 0 amide bonds. The van der Waals surface area contributed by atoms with Gasteiger partial charge in [-0.25, -0.2) is 14.0 Å². The molecule has 1 aromatic carbocycles. The number of benzene rings is 1. The maximum Gasteiger partial charge on any atom is 0.335 e. The van der Waals surface area contributed by atoms with Crippen molar-refractivity contribution in [1.82, 2.24) is 5.32 Å². The van der Waals surface area contributed by atoms with E-state index in [0.29, 0.717) is 22.7 Å². The molecule has 1 N–H and O–H groups in total. The van der Waals surface area contributed by atoms with Gasteiger partial charge in [-0.15, -0.1) is 0 Å². The fraction of sp³-hybridized carbons (Fsp3) is 0.250. The maximum absolute atomic E-state index is 14.3. The Kier molecular flexibility index (Phi) is 4.58. The highest BCUT2D eigenvalue weighted by Crippen LogP contribution is 2.41. The van der Waals surface area contributed by atoms with E-state index in [1.54, 1.807) is 20.8 Å². The Balaban J connectivity index is 2.44. The van der Waals surface area contributed by atoms with Gasteiger partial charge in [0.25, 0.3) is 0 Å². The second-order valence-corrected chi connectivity index (χ2v) is 6.27. The fourth-order valence-electron chi connectivity index (χ4n) is 3.40. The predicted octanol–water partition coefficient (Wildman–Crippen LogP) is 3.53. The van der Waals surface area contributed by atoms with E-state index in [2.05, 4.69) is 10.2 Å². The molecule has 0 saturated carbocycles. The number of esters is 1. The Hall–Kier alpha value is -3.40. The van der Waals surface area contributed by atoms with Gasteiger partial charge in [0.2, 0.25) is 0 Å². The highest BCUT2D eigenvalue weighted by Gasteiger charge is 2.36. The van der Waals surface area contributed by atoms with Crippen LogP contribution in [0.1, 0.15) is 31.1 Å². The van der Waals surface area contributed by atoms with Crippen LogP contribution in [0.3, 0.4) is 0 Å². The summed E-state index contributed by atoms with van der Waals surface area (Å²) in [6, 6.07) is 3.79. The number of aryl methyl sites for hydroxylation is 1. The number of dihydropyridines is 1. The van der Waals surface area contributed by atoms with Crippen LogP contribution in [0.15, 0.2) is 50.1 Å². The molecule has 138 valence electrons. The van der Waals surface area contributed by atoms with Crippen molar-refractivity contribution in [3.05, 3.63) is 79.6 Å². The number of hydrogen-bond acceptors (Lipinski definition) is 5. The van der Waals surface area contributed by atoms with Crippen molar-refractivity contribution in [3.8, 4) is 0 Å². The highest BCUT2D eigenvalue weighted by atomic mass is 19.1. The molecule has 1 aliphatic rings. The van der Waals surface area contributed by atoms with E-state index in [0.717, 1.165) is 6.07 Å². The lowest BCUT2D eigenvalue weighted by Crippen LogP contribution is -2.28. The number of nitrogens with one attached hydrogen (secondary N) is 1. The van der Waals surface area contributed by atoms with E-state index in [4.69, 9.17) is 15.7 Å². The smallest absolute Gasteiger partial charge is 0.335 e. The fourth-order valence-corrected chi connectivity index (χ4v) is 3.40. The number of ether oxygens (including phenoxy) is 1. The summed E-state index contributed by atoms with van der Waals surface area (Å²) >= 11 is 0. The van der Waals surface area contributed by atoms with Crippen molar-refractivity contribution in [3.63, 3.8) is 0 Å². The molecule has 2 heterocycles. The normalized spacial score (nSPS) is 17.0. The van der Waals surface area contributed by atoms with E-state index in [9.17, 15) is 14.0 Å². The molecule has 0 aliphatic carbocycles. The van der Waals surface area contributed by atoms with Crippen LogP contribution in [0, 0.1) is 19.3 Å². The van der Waals surface area contributed by atoms with Crippen LogP contribution in [-0.2, 0) is 9.53 Å². The van der Waals surface area contributed by atoms with Crippen molar-refractivity contribution in [2.45, 2.75) is 26.7 Å². The zero-order valence-corrected chi connectivity index (χ0v) is 15.3. The average Bonchev–Trinajstić information content (AvgIpc) is 2.60. The van der Waals surface area contributed by atoms with E-state index < -0.39 is 23.1 Å². The van der Waals surface area contributed by atoms with Gasteiger partial charge in [-0.1, -0.05) is 6.07 Å². The third kappa shape index (κ3) is 2.89. The number of halogens is 1. The molecule has 1 aromatic heterocycles.